The first-order valence-electron chi connectivity index (χ1n) is 12.1. The van der Waals surface area contributed by atoms with Gasteiger partial charge in [0.25, 0.3) is 0 Å². The molecule has 8 heteroatoms. The molecule has 0 aromatic heterocycles. The van der Waals surface area contributed by atoms with Crippen LogP contribution in [-0.4, -0.2) is 36.3 Å². The smallest absolute Gasteiger partial charge is 0.433 e. The summed E-state index contributed by atoms with van der Waals surface area (Å²) < 4.78 is 10.2. The van der Waals surface area contributed by atoms with E-state index in [4.69, 9.17) is 15.2 Å². The molecule has 2 amide bonds. The van der Waals surface area contributed by atoms with Crippen molar-refractivity contribution in [1.29, 1.82) is 0 Å². The molecule has 0 aliphatic heterocycles. The van der Waals surface area contributed by atoms with Gasteiger partial charge in [0, 0.05) is 17.1 Å². The van der Waals surface area contributed by atoms with Crippen LogP contribution in [0.15, 0.2) is 72.8 Å². The van der Waals surface area contributed by atoms with Gasteiger partial charge in [-0.1, -0.05) is 60.7 Å². The van der Waals surface area contributed by atoms with E-state index in [1.807, 2.05) is 69.3 Å². The first-order valence-corrected chi connectivity index (χ1v) is 12.1. The minimum absolute atomic E-state index is 0.0482. The van der Waals surface area contributed by atoms with E-state index in [9.17, 15) is 14.4 Å². The number of ether oxygens (including phenoxy) is 2. The van der Waals surface area contributed by atoms with Crippen LogP contribution in [0.25, 0.3) is 11.1 Å². The molecule has 37 heavy (non-hydrogen) atoms. The third-order valence-electron chi connectivity index (χ3n) is 5.97. The van der Waals surface area contributed by atoms with E-state index in [1.165, 1.54) is 0 Å². The Morgan fingerprint density at radius 3 is 2.03 bits per heavy atom. The van der Waals surface area contributed by atoms with E-state index < -0.39 is 18.2 Å². The number of hydrogen-bond donors (Lipinski definition) is 3. The monoisotopic (exact) mass is 501 g/mol. The summed E-state index contributed by atoms with van der Waals surface area (Å²) in [6, 6.07) is 21.5. The highest BCUT2D eigenvalue weighted by Crippen LogP contribution is 2.44. The van der Waals surface area contributed by atoms with Gasteiger partial charge in [-0.3, -0.25) is 0 Å². The SMILES string of the molecule is CC(C)(C)NC(=O)Nc1ccc(C[C@H](N)C(=O)OC(=O)OCC2c3ccccc3-c3ccccc32)cc1. The largest absolute Gasteiger partial charge is 0.516 e. The second-order valence-electron chi connectivity index (χ2n) is 10.0. The number of rotatable bonds is 6. The molecule has 1 aliphatic carbocycles. The third kappa shape index (κ3) is 6.54. The Bertz CT molecular complexity index is 1250. The zero-order valence-electron chi connectivity index (χ0n) is 21.1. The maximum atomic E-state index is 12.4. The van der Waals surface area contributed by atoms with Crippen LogP contribution in [0.3, 0.4) is 0 Å². The number of carbonyl (C=O) groups excluding carboxylic acids is 3. The molecule has 1 atom stereocenters. The van der Waals surface area contributed by atoms with Crippen molar-refractivity contribution in [2.24, 2.45) is 5.73 Å². The number of esters is 1. The van der Waals surface area contributed by atoms with Gasteiger partial charge in [-0.05, 0) is 67.1 Å². The molecule has 1 aliphatic rings. The molecule has 0 heterocycles. The number of carbonyl (C=O) groups is 3. The summed E-state index contributed by atoms with van der Waals surface area (Å²) in [7, 11) is 0. The second-order valence-corrected chi connectivity index (χ2v) is 10.0. The number of anilines is 1. The fraction of sp³-hybridized carbons (Fsp3) is 0.276. The average molecular weight is 502 g/mol. The van der Waals surface area contributed by atoms with E-state index in [0.29, 0.717) is 5.69 Å². The van der Waals surface area contributed by atoms with Crippen LogP contribution in [0.1, 0.15) is 43.4 Å². The van der Waals surface area contributed by atoms with Crippen molar-refractivity contribution in [1.82, 2.24) is 5.32 Å². The van der Waals surface area contributed by atoms with Gasteiger partial charge in [-0.2, -0.15) is 0 Å². The van der Waals surface area contributed by atoms with Crippen LogP contribution >= 0.6 is 0 Å². The van der Waals surface area contributed by atoms with E-state index >= 15 is 0 Å². The van der Waals surface area contributed by atoms with Gasteiger partial charge in [0.05, 0.1) is 0 Å². The topological polar surface area (TPSA) is 120 Å². The molecule has 192 valence electrons. The third-order valence-corrected chi connectivity index (χ3v) is 5.97. The predicted molar refractivity (Wildman–Crippen MR) is 141 cm³/mol. The fourth-order valence-electron chi connectivity index (χ4n) is 4.34. The molecule has 0 fully saturated rings. The number of nitrogens with one attached hydrogen (secondary N) is 2. The summed E-state index contributed by atoms with van der Waals surface area (Å²) in [5, 5.41) is 5.55. The molecule has 0 unspecified atom stereocenters. The van der Waals surface area contributed by atoms with Crippen molar-refractivity contribution < 1.29 is 23.9 Å². The Balaban J connectivity index is 1.27. The lowest BCUT2D eigenvalue weighted by Crippen LogP contribution is -2.43. The molecule has 3 aromatic rings. The Labute approximate surface area is 216 Å². The van der Waals surface area contributed by atoms with Crippen LogP contribution in [0, 0.1) is 0 Å². The lowest BCUT2D eigenvalue weighted by atomic mass is 9.98. The van der Waals surface area contributed by atoms with Gasteiger partial charge in [0.2, 0.25) is 0 Å². The van der Waals surface area contributed by atoms with E-state index in [0.717, 1.165) is 27.8 Å². The Hall–Kier alpha value is -4.17. The number of urea groups is 1. The molecular formula is C29H31N3O5. The predicted octanol–water partition coefficient (Wildman–Crippen LogP) is 4.97. The first-order chi connectivity index (χ1) is 17.6. The highest BCUT2D eigenvalue weighted by molar-refractivity contribution is 5.89. The van der Waals surface area contributed by atoms with Gasteiger partial charge in [-0.15, -0.1) is 0 Å². The van der Waals surface area contributed by atoms with Crippen molar-refractivity contribution in [2.45, 2.75) is 44.7 Å². The Morgan fingerprint density at radius 2 is 1.46 bits per heavy atom. The highest BCUT2D eigenvalue weighted by atomic mass is 16.7. The molecule has 4 rings (SSSR count). The van der Waals surface area contributed by atoms with Crippen LogP contribution < -0.4 is 16.4 Å². The molecule has 4 N–H and O–H groups in total. The molecule has 0 bridgehead atoms. The fourth-order valence-corrected chi connectivity index (χ4v) is 4.34. The van der Waals surface area contributed by atoms with E-state index in [1.54, 1.807) is 24.3 Å². The van der Waals surface area contributed by atoms with Crippen molar-refractivity contribution >= 4 is 23.8 Å². The van der Waals surface area contributed by atoms with Crippen LogP contribution in [0.2, 0.25) is 0 Å². The second kappa shape index (κ2) is 10.8. The summed E-state index contributed by atoms with van der Waals surface area (Å²) in [4.78, 5) is 36.6. The van der Waals surface area contributed by atoms with Gasteiger partial charge in [0.1, 0.15) is 12.6 Å². The van der Waals surface area contributed by atoms with Gasteiger partial charge >= 0.3 is 18.2 Å². The molecule has 0 radical (unpaired) electrons. The van der Waals surface area contributed by atoms with Crippen molar-refractivity contribution in [3.63, 3.8) is 0 Å². The molecule has 0 saturated carbocycles. The van der Waals surface area contributed by atoms with Crippen molar-refractivity contribution in [3.05, 3.63) is 89.5 Å². The zero-order valence-corrected chi connectivity index (χ0v) is 21.1. The average Bonchev–Trinajstić information content (AvgIpc) is 3.16. The minimum Gasteiger partial charge on any atom is -0.433 e. The Kier molecular flexibility index (Phi) is 7.59. The summed E-state index contributed by atoms with van der Waals surface area (Å²) in [6.07, 6.45) is -0.920. The zero-order chi connectivity index (χ0) is 26.6. The maximum Gasteiger partial charge on any atom is 0.516 e. The molecule has 8 nitrogen and oxygen atoms in total. The lowest BCUT2D eigenvalue weighted by Gasteiger charge is -2.20. The summed E-state index contributed by atoms with van der Waals surface area (Å²) in [5.74, 6) is -1.01. The number of hydrogen-bond acceptors (Lipinski definition) is 6. The summed E-state index contributed by atoms with van der Waals surface area (Å²) >= 11 is 0. The number of amides is 2. The molecular weight excluding hydrogens is 470 g/mol. The standard InChI is InChI=1S/C29H31N3O5/c1-29(2,3)32-27(34)31-19-14-12-18(13-15-19)16-25(30)26(33)37-28(35)36-17-24-22-10-6-4-8-20(22)21-9-5-7-11-23(21)24/h4-15,24-25H,16-17,30H2,1-3H3,(H2,31,32,34)/t25-/m0/s1. The Morgan fingerprint density at radius 1 is 0.892 bits per heavy atom. The van der Waals surface area contributed by atoms with Crippen molar-refractivity contribution in [3.8, 4) is 11.1 Å². The maximum absolute atomic E-state index is 12.4. The number of nitrogens with two attached hydrogens (primary N) is 1. The lowest BCUT2D eigenvalue weighted by molar-refractivity contribution is -0.141. The highest BCUT2D eigenvalue weighted by Gasteiger charge is 2.30. The van der Waals surface area contributed by atoms with Gasteiger partial charge < -0.3 is 25.8 Å². The van der Waals surface area contributed by atoms with Crippen molar-refractivity contribution in [2.75, 3.05) is 11.9 Å². The van der Waals surface area contributed by atoms with E-state index in [2.05, 4.69) is 10.6 Å². The molecule has 3 aromatic carbocycles. The van der Waals surface area contributed by atoms with Gasteiger partial charge in [0.15, 0.2) is 0 Å². The summed E-state index contributed by atoms with van der Waals surface area (Å²) in [6.45, 7) is 5.71. The quantitative estimate of drug-likeness (QED) is 0.324. The van der Waals surface area contributed by atoms with Crippen LogP contribution in [0.5, 0.6) is 0 Å². The molecule has 0 saturated heterocycles. The summed E-state index contributed by atoms with van der Waals surface area (Å²) in [5.41, 5.74) is 11.3. The first kappa shape index (κ1) is 25.9. The van der Waals surface area contributed by atoms with Crippen LogP contribution in [0.4, 0.5) is 15.3 Å². The number of fused-ring (bicyclic) bond motifs is 3. The number of benzene rings is 3. The minimum atomic E-state index is -1.08. The van der Waals surface area contributed by atoms with E-state index in [-0.39, 0.29) is 30.5 Å². The van der Waals surface area contributed by atoms with Gasteiger partial charge in [-0.25, -0.2) is 14.4 Å². The van der Waals surface area contributed by atoms with Crippen LogP contribution in [-0.2, 0) is 20.7 Å². The normalized spacial score (nSPS) is 13.2. The molecule has 0 spiro atoms.